The molecule has 1 amide bonds. The van der Waals surface area contributed by atoms with Gasteiger partial charge in [-0.3, -0.25) is 4.79 Å². The van der Waals surface area contributed by atoms with Crippen molar-refractivity contribution in [3.63, 3.8) is 0 Å². The van der Waals surface area contributed by atoms with Gasteiger partial charge in [-0.05, 0) is 19.3 Å². The van der Waals surface area contributed by atoms with E-state index in [0.717, 1.165) is 0 Å². The number of nitrogens with one attached hydrogen (secondary N) is 1. The molecule has 0 aromatic carbocycles. The van der Waals surface area contributed by atoms with Crippen LogP contribution in [0.15, 0.2) is 0 Å². The summed E-state index contributed by atoms with van der Waals surface area (Å²) in [6, 6.07) is 0. The Kier molecular flexibility index (Phi) is 8.33. The standard InChI is InChI=1S/C11H23NO3/c1-9(2)8-15-7-5-11(14)12-6-4-10(3)13/h9-10,13H,4-8H2,1-3H3,(H,12,14). The summed E-state index contributed by atoms with van der Waals surface area (Å²) in [5.74, 6) is 0.489. The van der Waals surface area contributed by atoms with E-state index in [2.05, 4.69) is 19.2 Å². The topological polar surface area (TPSA) is 58.6 Å². The van der Waals surface area contributed by atoms with Crippen molar-refractivity contribution in [2.45, 2.75) is 39.7 Å². The van der Waals surface area contributed by atoms with Gasteiger partial charge in [0.25, 0.3) is 0 Å². The van der Waals surface area contributed by atoms with E-state index in [4.69, 9.17) is 9.84 Å². The summed E-state index contributed by atoms with van der Waals surface area (Å²) in [4.78, 5) is 11.2. The van der Waals surface area contributed by atoms with Gasteiger partial charge >= 0.3 is 0 Å². The number of rotatable bonds is 8. The second-order valence-electron chi connectivity index (χ2n) is 4.21. The van der Waals surface area contributed by atoms with Crippen LogP contribution < -0.4 is 5.32 Å². The molecule has 4 nitrogen and oxygen atoms in total. The number of hydrogen-bond acceptors (Lipinski definition) is 3. The van der Waals surface area contributed by atoms with E-state index in [1.165, 1.54) is 0 Å². The van der Waals surface area contributed by atoms with Crippen LogP contribution in [-0.4, -0.2) is 36.9 Å². The second kappa shape index (κ2) is 8.68. The van der Waals surface area contributed by atoms with Crippen LogP contribution in [0.4, 0.5) is 0 Å². The lowest BCUT2D eigenvalue weighted by atomic mass is 10.2. The summed E-state index contributed by atoms with van der Waals surface area (Å²) in [6.45, 7) is 7.55. The molecule has 15 heavy (non-hydrogen) atoms. The van der Waals surface area contributed by atoms with Gasteiger partial charge in [-0.2, -0.15) is 0 Å². The van der Waals surface area contributed by atoms with E-state index in [1.807, 2.05) is 0 Å². The van der Waals surface area contributed by atoms with Crippen molar-refractivity contribution in [1.82, 2.24) is 5.32 Å². The minimum Gasteiger partial charge on any atom is -0.393 e. The first-order valence-electron chi connectivity index (χ1n) is 5.55. The first-order chi connectivity index (χ1) is 7.02. The molecule has 0 aromatic heterocycles. The molecule has 1 unspecified atom stereocenters. The van der Waals surface area contributed by atoms with Crippen molar-refractivity contribution < 1.29 is 14.6 Å². The maximum absolute atomic E-state index is 11.2. The van der Waals surface area contributed by atoms with Gasteiger partial charge in [0, 0.05) is 19.6 Å². The lowest BCUT2D eigenvalue weighted by Crippen LogP contribution is -2.27. The van der Waals surface area contributed by atoms with E-state index in [0.29, 0.717) is 38.5 Å². The van der Waals surface area contributed by atoms with Crippen LogP contribution in [0.5, 0.6) is 0 Å². The zero-order valence-electron chi connectivity index (χ0n) is 9.95. The smallest absolute Gasteiger partial charge is 0.222 e. The predicted molar refractivity (Wildman–Crippen MR) is 59.6 cm³/mol. The molecule has 4 heteroatoms. The molecule has 0 saturated carbocycles. The maximum Gasteiger partial charge on any atom is 0.222 e. The summed E-state index contributed by atoms with van der Waals surface area (Å²) in [5, 5.41) is 11.7. The number of aliphatic hydroxyl groups excluding tert-OH is 1. The van der Waals surface area contributed by atoms with Crippen molar-refractivity contribution in [3.05, 3.63) is 0 Å². The number of carbonyl (C=O) groups excluding carboxylic acids is 1. The molecule has 0 bridgehead atoms. The van der Waals surface area contributed by atoms with Crippen LogP contribution in [0.25, 0.3) is 0 Å². The normalized spacial score (nSPS) is 12.9. The van der Waals surface area contributed by atoms with Crippen molar-refractivity contribution in [3.8, 4) is 0 Å². The molecule has 0 aliphatic carbocycles. The average molecular weight is 217 g/mol. The third kappa shape index (κ3) is 11.3. The maximum atomic E-state index is 11.2. The largest absolute Gasteiger partial charge is 0.393 e. The summed E-state index contributed by atoms with van der Waals surface area (Å²) in [7, 11) is 0. The van der Waals surface area contributed by atoms with Crippen molar-refractivity contribution in [1.29, 1.82) is 0 Å². The van der Waals surface area contributed by atoms with Gasteiger partial charge < -0.3 is 15.2 Å². The molecule has 0 spiro atoms. The van der Waals surface area contributed by atoms with Crippen LogP contribution in [0.2, 0.25) is 0 Å². The van der Waals surface area contributed by atoms with Crippen molar-refractivity contribution in [2.24, 2.45) is 5.92 Å². The van der Waals surface area contributed by atoms with Gasteiger partial charge in [0.1, 0.15) is 0 Å². The van der Waals surface area contributed by atoms with E-state index < -0.39 is 0 Å². The third-order valence-electron chi connectivity index (χ3n) is 1.81. The first-order valence-corrected chi connectivity index (χ1v) is 5.55. The summed E-state index contributed by atoms with van der Waals surface area (Å²) in [6.07, 6.45) is 0.632. The summed E-state index contributed by atoms with van der Waals surface area (Å²) < 4.78 is 5.28. The Labute approximate surface area is 92.0 Å². The van der Waals surface area contributed by atoms with Crippen LogP contribution >= 0.6 is 0 Å². The van der Waals surface area contributed by atoms with Crippen LogP contribution in [0, 0.1) is 5.92 Å². The third-order valence-corrected chi connectivity index (χ3v) is 1.81. The molecule has 90 valence electrons. The van der Waals surface area contributed by atoms with E-state index >= 15 is 0 Å². The molecule has 0 aliphatic heterocycles. The fraction of sp³-hybridized carbons (Fsp3) is 0.909. The molecule has 0 saturated heterocycles. The summed E-state index contributed by atoms with van der Waals surface area (Å²) >= 11 is 0. The monoisotopic (exact) mass is 217 g/mol. The van der Waals surface area contributed by atoms with Crippen molar-refractivity contribution in [2.75, 3.05) is 19.8 Å². The fourth-order valence-corrected chi connectivity index (χ4v) is 0.993. The SMILES string of the molecule is CC(C)COCCC(=O)NCCC(C)O. The highest BCUT2D eigenvalue weighted by Crippen LogP contribution is 1.93. The Hall–Kier alpha value is -0.610. The molecule has 1 atom stereocenters. The molecular formula is C11H23NO3. The van der Waals surface area contributed by atoms with Crippen LogP contribution in [0.1, 0.15) is 33.6 Å². The quantitative estimate of drug-likeness (QED) is 0.595. The van der Waals surface area contributed by atoms with Gasteiger partial charge in [-0.15, -0.1) is 0 Å². The first kappa shape index (κ1) is 14.4. The summed E-state index contributed by atoms with van der Waals surface area (Å²) in [5.41, 5.74) is 0. The van der Waals surface area contributed by atoms with Gasteiger partial charge in [0.05, 0.1) is 12.7 Å². The number of hydrogen-bond donors (Lipinski definition) is 2. The Bertz CT molecular complexity index is 169. The van der Waals surface area contributed by atoms with E-state index in [-0.39, 0.29) is 12.0 Å². The minimum atomic E-state index is -0.359. The van der Waals surface area contributed by atoms with Gasteiger partial charge in [0.15, 0.2) is 0 Å². The number of ether oxygens (including phenoxy) is 1. The number of amides is 1. The highest BCUT2D eigenvalue weighted by molar-refractivity contribution is 5.75. The molecule has 0 heterocycles. The fourth-order valence-electron chi connectivity index (χ4n) is 0.993. The Balaban J connectivity index is 3.26. The molecule has 0 aliphatic rings. The Morgan fingerprint density at radius 1 is 1.40 bits per heavy atom. The lowest BCUT2D eigenvalue weighted by molar-refractivity contribution is -0.122. The Morgan fingerprint density at radius 2 is 2.07 bits per heavy atom. The van der Waals surface area contributed by atoms with Gasteiger partial charge in [-0.25, -0.2) is 0 Å². The highest BCUT2D eigenvalue weighted by atomic mass is 16.5. The van der Waals surface area contributed by atoms with E-state index in [9.17, 15) is 4.79 Å². The van der Waals surface area contributed by atoms with E-state index in [1.54, 1.807) is 6.92 Å². The molecule has 0 aromatic rings. The average Bonchev–Trinajstić information content (AvgIpc) is 2.11. The van der Waals surface area contributed by atoms with Crippen LogP contribution in [-0.2, 0) is 9.53 Å². The van der Waals surface area contributed by atoms with Crippen molar-refractivity contribution >= 4 is 5.91 Å². The number of carbonyl (C=O) groups is 1. The zero-order chi connectivity index (χ0) is 11.7. The molecule has 0 rings (SSSR count). The zero-order valence-corrected chi connectivity index (χ0v) is 9.95. The minimum absolute atomic E-state index is 0.0144. The Morgan fingerprint density at radius 3 is 2.60 bits per heavy atom. The predicted octanol–water partition coefficient (Wildman–Crippen LogP) is 0.936. The van der Waals surface area contributed by atoms with Gasteiger partial charge in [-0.1, -0.05) is 13.8 Å². The van der Waals surface area contributed by atoms with Gasteiger partial charge in [0.2, 0.25) is 5.91 Å². The van der Waals surface area contributed by atoms with Crippen LogP contribution in [0.3, 0.4) is 0 Å². The molecule has 2 N–H and O–H groups in total. The molecule has 0 fully saturated rings. The number of aliphatic hydroxyl groups is 1. The molecule has 0 radical (unpaired) electrons. The highest BCUT2D eigenvalue weighted by Gasteiger charge is 2.02. The molecular weight excluding hydrogens is 194 g/mol. The second-order valence-corrected chi connectivity index (χ2v) is 4.21. The lowest BCUT2D eigenvalue weighted by Gasteiger charge is -2.08.